The highest BCUT2D eigenvalue weighted by molar-refractivity contribution is 8.00. The Morgan fingerprint density at radius 3 is 2.39 bits per heavy atom. The molecule has 0 fully saturated rings. The van der Waals surface area contributed by atoms with Crippen molar-refractivity contribution in [3.05, 3.63) is 57.7 Å². The summed E-state index contributed by atoms with van der Waals surface area (Å²) in [6, 6.07) is 6.62. The first-order valence-electron chi connectivity index (χ1n) is 13.2. The van der Waals surface area contributed by atoms with Crippen LogP contribution >= 0.6 is 11.9 Å². The Morgan fingerprint density at radius 1 is 1.06 bits per heavy atom. The minimum atomic E-state index is -1.05. The number of aliphatic carboxylic acids is 1. The van der Waals surface area contributed by atoms with Gasteiger partial charge in [-0.25, -0.2) is 4.79 Å². The van der Waals surface area contributed by atoms with E-state index in [1.165, 1.54) is 29.5 Å². The summed E-state index contributed by atoms with van der Waals surface area (Å²) in [6.45, 7) is 16.4. The monoisotopic (exact) mass is 509 g/mol. The maximum absolute atomic E-state index is 12.7. The molecular formula is C31H43NO3S. The van der Waals surface area contributed by atoms with E-state index in [-0.39, 0.29) is 0 Å². The maximum atomic E-state index is 12.7. The molecule has 1 aliphatic rings. The summed E-state index contributed by atoms with van der Waals surface area (Å²) in [4.78, 5) is 12.7. The van der Waals surface area contributed by atoms with E-state index in [2.05, 4.69) is 63.6 Å². The van der Waals surface area contributed by atoms with Crippen LogP contribution in [-0.4, -0.2) is 22.4 Å². The zero-order valence-electron chi connectivity index (χ0n) is 23.3. The van der Waals surface area contributed by atoms with Gasteiger partial charge < -0.3 is 14.6 Å². The van der Waals surface area contributed by atoms with Crippen LogP contribution in [0.25, 0.3) is 16.7 Å². The molecule has 1 atom stereocenters. The smallest absolute Gasteiger partial charge is 0.337 e. The van der Waals surface area contributed by atoms with Gasteiger partial charge in [0.1, 0.15) is 0 Å². The molecule has 0 spiro atoms. The van der Waals surface area contributed by atoms with Crippen LogP contribution in [0.2, 0.25) is 0 Å². The van der Waals surface area contributed by atoms with Crippen molar-refractivity contribution in [2.75, 3.05) is 10.5 Å². The number of allylic oxidation sites excluding steroid dienone is 2. The first-order valence-corrected chi connectivity index (χ1v) is 14.2. The summed E-state index contributed by atoms with van der Waals surface area (Å²) < 4.78 is 9.86. The van der Waals surface area contributed by atoms with Gasteiger partial charge in [0, 0.05) is 16.9 Å². The summed E-state index contributed by atoms with van der Waals surface area (Å²) in [7, 11) is 0. The van der Waals surface area contributed by atoms with E-state index in [1.54, 1.807) is 11.9 Å². The number of hydrogen-bond acceptors (Lipinski definition) is 4. The lowest BCUT2D eigenvalue weighted by Crippen LogP contribution is -2.29. The summed E-state index contributed by atoms with van der Waals surface area (Å²) in [5, 5.41) is 10.4. The number of aryl methyl sites for hydroxylation is 2. The van der Waals surface area contributed by atoms with E-state index >= 15 is 0 Å². The topological polar surface area (TPSA) is 58.6 Å². The Balaban J connectivity index is 2.44. The number of nitrogens with one attached hydrogen (secondary N) is 1. The van der Waals surface area contributed by atoms with Crippen molar-refractivity contribution in [3.63, 3.8) is 0 Å². The molecule has 0 bridgehead atoms. The van der Waals surface area contributed by atoms with E-state index in [0.29, 0.717) is 0 Å². The molecule has 4 nitrogen and oxygen atoms in total. The number of carbonyl (C=O) groups is 1. The molecule has 0 saturated carbocycles. The van der Waals surface area contributed by atoms with E-state index in [0.717, 1.165) is 64.1 Å². The van der Waals surface area contributed by atoms with Gasteiger partial charge >= 0.3 is 5.97 Å². The van der Waals surface area contributed by atoms with Gasteiger partial charge in [-0.3, -0.25) is 0 Å². The molecule has 2 aromatic rings. The molecule has 0 heterocycles. The predicted octanol–water partition coefficient (Wildman–Crippen LogP) is 8.96. The van der Waals surface area contributed by atoms with E-state index in [9.17, 15) is 9.90 Å². The molecule has 36 heavy (non-hydrogen) atoms. The van der Waals surface area contributed by atoms with Gasteiger partial charge in [-0.05, 0) is 113 Å². The van der Waals surface area contributed by atoms with Crippen molar-refractivity contribution in [1.82, 2.24) is 0 Å². The number of hydrogen-bond donors (Lipinski definition) is 2. The fourth-order valence-corrected chi connectivity index (χ4v) is 5.67. The first kappa shape index (κ1) is 28.3. The Morgan fingerprint density at radius 2 is 1.78 bits per heavy atom. The molecule has 5 heteroatoms. The lowest BCUT2D eigenvalue weighted by Gasteiger charge is -2.32. The second-order valence-corrected chi connectivity index (χ2v) is 12.0. The summed E-state index contributed by atoms with van der Waals surface area (Å²) in [6.07, 6.45) is 6.76. The predicted molar refractivity (Wildman–Crippen MR) is 155 cm³/mol. The van der Waals surface area contributed by atoms with Gasteiger partial charge in [-0.1, -0.05) is 49.6 Å². The molecule has 196 valence electrons. The number of ether oxygens (including phenoxy) is 1. The van der Waals surface area contributed by atoms with Gasteiger partial charge in [-0.2, -0.15) is 0 Å². The quantitative estimate of drug-likeness (QED) is 0.348. The van der Waals surface area contributed by atoms with Crippen LogP contribution in [-0.2, 0) is 9.53 Å². The van der Waals surface area contributed by atoms with Crippen molar-refractivity contribution < 1.29 is 14.6 Å². The minimum absolute atomic E-state index is 0.600. The summed E-state index contributed by atoms with van der Waals surface area (Å²) in [5.74, 6) is -0.0515. The SMILES string of the molecule is CCSNc1c(C)c(C(OC(C)(C)C)C(=O)O)c(C2=CCCCCC2)c(C)c1-c1ccc(C)c(C)c1. The third-order valence-electron chi connectivity index (χ3n) is 6.98. The largest absolute Gasteiger partial charge is 0.479 e. The molecule has 0 radical (unpaired) electrons. The van der Waals surface area contributed by atoms with E-state index < -0.39 is 17.7 Å². The van der Waals surface area contributed by atoms with Crippen LogP contribution in [0.4, 0.5) is 5.69 Å². The molecule has 2 N–H and O–H groups in total. The molecule has 0 saturated heterocycles. The lowest BCUT2D eigenvalue weighted by atomic mass is 9.81. The standard InChI is InChI=1S/C31H43NO3S/c1-9-36-32-28-22(5)27(29(30(33)34)35-31(6,7)8)25(23-14-12-10-11-13-15-23)21(4)26(28)24-17-16-19(2)20(3)18-24/h14,16-18,29,32H,9-13,15H2,1-8H3,(H,33,34). The molecule has 1 aliphatic carbocycles. The highest BCUT2D eigenvalue weighted by atomic mass is 32.2. The van der Waals surface area contributed by atoms with Gasteiger partial charge in [0.05, 0.1) is 11.3 Å². The normalized spacial score (nSPS) is 15.3. The van der Waals surface area contributed by atoms with Crippen molar-refractivity contribution in [1.29, 1.82) is 0 Å². The van der Waals surface area contributed by atoms with Crippen LogP contribution < -0.4 is 4.72 Å². The lowest BCUT2D eigenvalue weighted by molar-refractivity contribution is -0.160. The second-order valence-electron chi connectivity index (χ2n) is 10.9. The van der Waals surface area contributed by atoms with Crippen LogP contribution in [0.5, 0.6) is 0 Å². The highest BCUT2D eigenvalue weighted by Gasteiger charge is 2.34. The number of benzene rings is 2. The van der Waals surface area contributed by atoms with Gasteiger partial charge in [0.15, 0.2) is 6.10 Å². The summed E-state index contributed by atoms with van der Waals surface area (Å²) >= 11 is 1.63. The molecule has 3 rings (SSSR count). The minimum Gasteiger partial charge on any atom is -0.479 e. The Bertz CT molecular complexity index is 1140. The number of carboxylic acids is 1. The molecule has 1 unspecified atom stereocenters. The van der Waals surface area contributed by atoms with Gasteiger partial charge in [-0.15, -0.1) is 0 Å². The maximum Gasteiger partial charge on any atom is 0.337 e. The number of anilines is 1. The average molecular weight is 510 g/mol. The Labute approximate surface area is 222 Å². The van der Waals surface area contributed by atoms with Crippen LogP contribution in [0, 0.1) is 27.7 Å². The molecular weight excluding hydrogens is 466 g/mol. The Hall–Kier alpha value is -2.24. The Kier molecular flexibility index (Phi) is 9.34. The van der Waals surface area contributed by atoms with Crippen LogP contribution in [0.1, 0.15) is 99.3 Å². The molecule has 2 aromatic carbocycles. The molecule has 0 amide bonds. The van der Waals surface area contributed by atoms with Crippen molar-refractivity contribution in [3.8, 4) is 11.1 Å². The fraction of sp³-hybridized carbons (Fsp3) is 0.516. The highest BCUT2D eigenvalue weighted by Crippen LogP contribution is 2.47. The van der Waals surface area contributed by atoms with E-state index in [1.807, 2.05) is 20.8 Å². The van der Waals surface area contributed by atoms with Gasteiger partial charge in [0.25, 0.3) is 0 Å². The first-order chi connectivity index (χ1) is 17.0. The number of rotatable bonds is 8. The van der Waals surface area contributed by atoms with Crippen LogP contribution in [0.3, 0.4) is 0 Å². The average Bonchev–Trinajstić information content (AvgIpc) is 3.08. The third kappa shape index (κ3) is 6.36. The van der Waals surface area contributed by atoms with E-state index in [4.69, 9.17) is 4.74 Å². The fourth-order valence-electron chi connectivity index (χ4n) is 5.12. The van der Waals surface area contributed by atoms with Crippen molar-refractivity contribution in [2.24, 2.45) is 0 Å². The van der Waals surface area contributed by atoms with Gasteiger partial charge in [0.2, 0.25) is 0 Å². The molecule has 0 aromatic heterocycles. The van der Waals surface area contributed by atoms with Crippen LogP contribution in [0.15, 0.2) is 24.3 Å². The summed E-state index contributed by atoms with van der Waals surface area (Å²) in [5.41, 5.74) is 10.4. The van der Waals surface area contributed by atoms with Crippen molar-refractivity contribution in [2.45, 2.75) is 99.2 Å². The zero-order valence-corrected chi connectivity index (χ0v) is 24.1. The number of carboxylic acid groups (broad SMARTS) is 1. The molecule has 0 aliphatic heterocycles. The second kappa shape index (κ2) is 11.9. The van der Waals surface area contributed by atoms with Crippen molar-refractivity contribution >= 4 is 29.2 Å². The third-order valence-corrected chi connectivity index (χ3v) is 7.62. The zero-order chi connectivity index (χ0) is 26.6.